The first-order valence-corrected chi connectivity index (χ1v) is 5.41. The SMILES string of the molecule is COC(=O)C(O)c1c(C)c(C)cc(Cl)c1OC. The van der Waals surface area contributed by atoms with E-state index in [0.717, 1.165) is 11.1 Å². The maximum Gasteiger partial charge on any atom is 0.339 e. The lowest BCUT2D eigenvalue weighted by Gasteiger charge is -2.18. The Balaban J connectivity index is 3.44. The Labute approximate surface area is 105 Å². The van der Waals surface area contributed by atoms with E-state index in [9.17, 15) is 9.90 Å². The van der Waals surface area contributed by atoms with Crippen molar-refractivity contribution in [1.82, 2.24) is 0 Å². The molecule has 0 aliphatic carbocycles. The average Bonchev–Trinajstić information content (AvgIpc) is 2.31. The van der Waals surface area contributed by atoms with Crippen molar-refractivity contribution < 1.29 is 19.4 Å². The maximum atomic E-state index is 11.4. The number of carbonyl (C=O) groups excluding carboxylic acids is 1. The van der Waals surface area contributed by atoms with Crippen LogP contribution in [0.15, 0.2) is 6.07 Å². The smallest absolute Gasteiger partial charge is 0.339 e. The fraction of sp³-hybridized carbons (Fsp3) is 0.417. The molecule has 5 heteroatoms. The zero-order valence-corrected chi connectivity index (χ0v) is 11.0. The molecular weight excluding hydrogens is 244 g/mol. The number of halogens is 1. The van der Waals surface area contributed by atoms with Gasteiger partial charge >= 0.3 is 5.97 Å². The largest absolute Gasteiger partial charge is 0.495 e. The van der Waals surface area contributed by atoms with E-state index < -0.39 is 12.1 Å². The van der Waals surface area contributed by atoms with E-state index in [2.05, 4.69) is 4.74 Å². The molecule has 1 N–H and O–H groups in total. The van der Waals surface area contributed by atoms with Gasteiger partial charge in [0.15, 0.2) is 6.10 Å². The molecule has 1 unspecified atom stereocenters. The molecule has 1 aromatic carbocycles. The molecule has 4 nitrogen and oxygen atoms in total. The highest BCUT2D eigenvalue weighted by Crippen LogP contribution is 2.37. The van der Waals surface area contributed by atoms with Crippen LogP contribution < -0.4 is 4.74 Å². The second-order valence-electron chi connectivity index (χ2n) is 3.67. The van der Waals surface area contributed by atoms with E-state index in [1.807, 2.05) is 6.92 Å². The maximum absolute atomic E-state index is 11.4. The summed E-state index contributed by atoms with van der Waals surface area (Å²) in [6.07, 6.45) is -1.40. The standard InChI is InChI=1S/C12H15ClO4/c1-6-5-8(13)11(16-3)9(7(6)2)10(14)12(15)17-4/h5,10,14H,1-4H3. The van der Waals surface area contributed by atoms with Crippen molar-refractivity contribution in [3.05, 3.63) is 27.8 Å². The van der Waals surface area contributed by atoms with Gasteiger partial charge in [0.05, 0.1) is 19.2 Å². The second kappa shape index (κ2) is 5.38. The van der Waals surface area contributed by atoms with E-state index >= 15 is 0 Å². The molecule has 1 rings (SSSR count). The van der Waals surface area contributed by atoms with Crippen LogP contribution in [0.5, 0.6) is 5.75 Å². The van der Waals surface area contributed by atoms with E-state index in [4.69, 9.17) is 16.3 Å². The molecule has 0 saturated carbocycles. The second-order valence-corrected chi connectivity index (χ2v) is 4.08. The van der Waals surface area contributed by atoms with Crippen LogP contribution in [0.3, 0.4) is 0 Å². The van der Waals surface area contributed by atoms with Crippen LogP contribution in [0.2, 0.25) is 5.02 Å². The first kappa shape index (κ1) is 13.8. The van der Waals surface area contributed by atoms with Crippen LogP contribution in [-0.2, 0) is 9.53 Å². The summed E-state index contributed by atoms with van der Waals surface area (Å²) in [6, 6.07) is 1.73. The molecule has 94 valence electrons. The van der Waals surface area contributed by atoms with Gasteiger partial charge in [0, 0.05) is 5.56 Å². The third-order valence-corrected chi connectivity index (χ3v) is 2.98. The summed E-state index contributed by atoms with van der Waals surface area (Å²) in [5.41, 5.74) is 1.97. The lowest BCUT2D eigenvalue weighted by atomic mass is 9.98. The highest BCUT2D eigenvalue weighted by molar-refractivity contribution is 6.32. The third-order valence-electron chi connectivity index (χ3n) is 2.70. The molecule has 0 radical (unpaired) electrons. The summed E-state index contributed by atoms with van der Waals surface area (Å²) in [6.45, 7) is 3.63. The minimum atomic E-state index is -1.40. The number of aliphatic hydroxyl groups excluding tert-OH is 1. The summed E-state index contributed by atoms with van der Waals surface area (Å²) in [7, 11) is 2.65. The predicted octanol–water partition coefficient (Wildman–Crippen LogP) is 2.17. The Morgan fingerprint density at radius 2 is 2.00 bits per heavy atom. The summed E-state index contributed by atoms with van der Waals surface area (Å²) in [4.78, 5) is 11.4. The lowest BCUT2D eigenvalue weighted by molar-refractivity contribution is -0.150. The number of methoxy groups -OCH3 is 2. The van der Waals surface area contributed by atoms with Crippen LogP contribution in [0, 0.1) is 13.8 Å². The monoisotopic (exact) mass is 258 g/mol. The van der Waals surface area contributed by atoms with Gasteiger partial charge in [-0.05, 0) is 31.0 Å². The normalized spacial score (nSPS) is 12.1. The number of benzene rings is 1. The van der Waals surface area contributed by atoms with Crippen molar-refractivity contribution in [1.29, 1.82) is 0 Å². The molecular formula is C12H15ClO4. The molecule has 0 heterocycles. The van der Waals surface area contributed by atoms with Gasteiger partial charge < -0.3 is 14.6 Å². The number of hydrogen-bond acceptors (Lipinski definition) is 4. The van der Waals surface area contributed by atoms with Crippen molar-refractivity contribution in [2.75, 3.05) is 14.2 Å². The fourth-order valence-electron chi connectivity index (χ4n) is 1.64. The van der Waals surface area contributed by atoms with Gasteiger partial charge in [0.1, 0.15) is 5.75 Å². The summed E-state index contributed by atoms with van der Waals surface area (Å²) in [5.74, 6) is -0.444. The quantitative estimate of drug-likeness (QED) is 0.845. The zero-order chi connectivity index (χ0) is 13.2. The molecule has 0 aliphatic heterocycles. The van der Waals surface area contributed by atoms with Gasteiger partial charge in [-0.3, -0.25) is 0 Å². The molecule has 0 saturated heterocycles. The number of rotatable bonds is 3. The van der Waals surface area contributed by atoms with Crippen molar-refractivity contribution in [3.8, 4) is 5.75 Å². The Morgan fingerprint density at radius 3 is 2.47 bits per heavy atom. The molecule has 0 aromatic heterocycles. The highest BCUT2D eigenvalue weighted by atomic mass is 35.5. The first-order valence-electron chi connectivity index (χ1n) is 5.03. The highest BCUT2D eigenvalue weighted by Gasteiger charge is 2.26. The van der Waals surface area contributed by atoms with Crippen molar-refractivity contribution in [2.45, 2.75) is 20.0 Å². The number of aryl methyl sites for hydroxylation is 1. The van der Waals surface area contributed by atoms with Crippen LogP contribution in [0.25, 0.3) is 0 Å². The lowest BCUT2D eigenvalue weighted by Crippen LogP contribution is -2.16. The molecule has 0 fully saturated rings. The van der Waals surface area contributed by atoms with Gasteiger partial charge in [0.25, 0.3) is 0 Å². The van der Waals surface area contributed by atoms with Gasteiger partial charge in [-0.1, -0.05) is 11.6 Å². The number of aliphatic hydroxyl groups is 1. The Hall–Kier alpha value is -1.26. The minimum absolute atomic E-state index is 0.299. The molecule has 0 bridgehead atoms. The van der Waals surface area contributed by atoms with Crippen LogP contribution in [-0.4, -0.2) is 25.3 Å². The van der Waals surface area contributed by atoms with Gasteiger partial charge in [-0.2, -0.15) is 0 Å². The van der Waals surface area contributed by atoms with Crippen molar-refractivity contribution in [3.63, 3.8) is 0 Å². The van der Waals surface area contributed by atoms with Gasteiger partial charge in [-0.15, -0.1) is 0 Å². The molecule has 0 spiro atoms. The molecule has 1 atom stereocenters. The molecule has 0 amide bonds. The Morgan fingerprint density at radius 1 is 1.41 bits per heavy atom. The van der Waals surface area contributed by atoms with E-state index in [1.165, 1.54) is 14.2 Å². The molecule has 17 heavy (non-hydrogen) atoms. The average molecular weight is 259 g/mol. The van der Waals surface area contributed by atoms with Crippen LogP contribution in [0.4, 0.5) is 0 Å². The fourth-order valence-corrected chi connectivity index (χ4v) is 1.98. The van der Waals surface area contributed by atoms with Crippen molar-refractivity contribution >= 4 is 17.6 Å². The molecule has 0 aliphatic rings. The summed E-state index contributed by atoms with van der Waals surface area (Å²) >= 11 is 6.01. The van der Waals surface area contributed by atoms with E-state index in [-0.39, 0.29) is 0 Å². The first-order chi connectivity index (χ1) is 7.93. The summed E-state index contributed by atoms with van der Waals surface area (Å²) < 4.78 is 9.64. The Kier molecular flexibility index (Phi) is 4.37. The zero-order valence-electron chi connectivity index (χ0n) is 10.2. The topological polar surface area (TPSA) is 55.8 Å². The Bertz CT molecular complexity index is 443. The minimum Gasteiger partial charge on any atom is -0.495 e. The number of hydrogen-bond donors (Lipinski definition) is 1. The predicted molar refractivity (Wildman–Crippen MR) is 64.5 cm³/mol. The van der Waals surface area contributed by atoms with Gasteiger partial charge in [-0.25, -0.2) is 4.79 Å². The number of ether oxygens (including phenoxy) is 2. The van der Waals surface area contributed by atoms with Crippen LogP contribution in [0.1, 0.15) is 22.8 Å². The van der Waals surface area contributed by atoms with Crippen molar-refractivity contribution in [2.24, 2.45) is 0 Å². The van der Waals surface area contributed by atoms with E-state index in [1.54, 1.807) is 13.0 Å². The third kappa shape index (κ3) is 2.53. The van der Waals surface area contributed by atoms with Crippen LogP contribution >= 0.6 is 11.6 Å². The summed E-state index contributed by atoms with van der Waals surface area (Å²) in [5, 5.41) is 10.3. The van der Waals surface area contributed by atoms with E-state index in [0.29, 0.717) is 16.3 Å². The molecule has 1 aromatic rings. The number of esters is 1. The number of carbonyl (C=O) groups is 1. The van der Waals surface area contributed by atoms with Gasteiger partial charge in [0.2, 0.25) is 0 Å².